The number of Topliss-reactive ketones (excluding diaryl/α,β-unsaturated/α-hetero) is 1. The Balaban J connectivity index is 1.29. The van der Waals surface area contributed by atoms with Crippen LogP contribution in [0.15, 0.2) is 59.1 Å². The second kappa shape index (κ2) is 18.3. The highest BCUT2D eigenvalue weighted by atomic mass is 32.1. The van der Waals surface area contributed by atoms with Crippen molar-refractivity contribution in [3.63, 3.8) is 0 Å². The number of methoxy groups -OCH3 is 1. The number of aromatic nitrogens is 1. The van der Waals surface area contributed by atoms with Gasteiger partial charge in [0.2, 0.25) is 0 Å². The van der Waals surface area contributed by atoms with Gasteiger partial charge in [0.05, 0.1) is 62.1 Å². The normalized spacial score (nSPS) is 33.5. The predicted octanol–water partition coefficient (Wildman–Crippen LogP) is 7.20. The van der Waals surface area contributed by atoms with E-state index in [2.05, 4.69) is 35.0 Å². The molecule has 4 bridgehead atoms. The van der Waals surface area contributed by atoms with Crippen LogP contribution in [0.1, 0.15) is 84.2 Å². The van der Waals surface area contributed by atoms with E-state index >= 15 is 0 Å². The van der Waals surface area contributed by atoms with Gasteiger partial charge < -0.3 is 44.9 Å². The molecule has 8 rings (SSSR count). The van der Waals surface area contributed by atoms with E-state index in [9.17, 15) is 34.8 Å². The molecule has 3 aromatic carbocycles. The monoisotopic (exact) mass is 924 g/mol. The van der Waals surface area contributed by atoms with Crippen LogP contribution in [0.5, 0.6) is 11.5 Å². The number of carbonyl (C=O) groups is 2. The highest BCUT2D eigenvalue weighted by Gasteiger charge is 2.49. The van der Waals surface area contributed by atoms with Gasteiger partial charge in [-0.1, -0.05) is 45.9 Å². The number of aliphatic hydroxyl groups excluding tert-OH is 3. The van der Waals surface area contributed by atoms with Gasteiger partial charge in [0.1, 0.15) is 11.4 Å². The Morgan fingerprint density at radius 3 is 2.32 bits per heavy atom. The molecule has 4 aromatic rings. The number of fused-ring (bicyclic) bond motifs is 2. The van der Waals surface area contributed by atoms with Crippen LogP contribution in [0.25, 0.3) is 31.2 Å². The Bertz CT molecular complexity index is 2730. The molecule has 4 aliphatic rings. The number of hydrogen-bond donors (Lipinski definition) is 5. The Morgan fingerprint density at radius 1 is 0.924 bits per heavy atom. The summed E-state index contributed by atoms with van der Waals surface area (Å²) in [5, 5.41) is 49.2. The average Bonchev–Trinajstić information content (AvgIpc) is 4.08. The van der Waals surface area contributed by atoms with Crippen molar-refractivity contribution in [2.75, 3.05) is 37.0 Å². The first kappa shape index (κ1) is 47.6. The van der Waals surface area contributed by atoms with Crippen molar-refractivity contribution < 1.29 is 44.2 Å². The first-order chi connectivity index (χ1) is 31.3. The maximum atomic E-state index is 14.8. The number of phenolic OH excluding ortho intramolecular Hbond substituents is 1. The lowest BCUT2D eigenvalue weighted by atomic mass is 9.78. The molecule has 0 radical (unpaired) electrons. The fourth-order valence-corrected chi connectivity index (χ4v) is 11.1. The summed E-state index contributed by atoms with van der Waals surface area (Å²) < 4.78 is 19.2. The minimum absolute atomic E-state index is 0.00594. The van der Waals surface area contributed by atoms with E-state index in [4.69, 9.17) is 19.2 Å². The van der Waals surface area contributed by atoms with Crippen molar-refractivity contribution in [3.8, 4) is 11.5 Å². The summed E-state index contributed by atoms with van der Waals surface area (Å²) in [6.07, 6.45) is 6.42. The number of nitrogens with zero attached hydrogens (tertiary/aromatic N) is 3. The lowest BCUT2D eigenvalue weighted by molar-refractivity contribution is -0.112. The number of piperazine rings is 1. The molecule has 0 spiro atoms. The standard InChI is InChI=1S/C51H64N4O10S/c1-24-12-11-13-25(2)50(62)53-41-46(60)38-37(40-48(41)66-36-20-33(16-17-34(36)52-40)55-22-26(3)54(21-27(55)4)23-32-14-15-32)39-47(31(8)45(38)59)65-51(9,49(39)61)64-19-18-35(63-10)28(5)43(57)30(7)44(58)29(6)42(24)56/h11-13,16-20,24,26-30,32,35,42-44,56-58,60H,14-15,21-23H2,1-10H3,(H,53,62)/b12-11+,19-18+,25-13-/t24-,26+,27-,28+,29+,30-,35-,42-,43+,44+,51-/m0/s1. The number of allylic oxidation sites excluding steroid dienone is 2. The first-order valence-electron chi connectivity index (χ1n) is 23.2. The number of hydrogen-bond acceptors (Lipinski definition) is 14. The first-order valence-corrected chi connectivity index (χ1v) is 24.0. The topological polar surface area (TPSA) is 191 Å². The van der Waals surface area contributed by atoms with Gasteiger partial charge >= 0.3 is 5.79 Å². The summed E-state index contributed by atoms with van der Waals surface area (Å²) in [5.74, 6) is -5.26. The van der Waals surface area contributed by atoms with E-state index in [-0.39, 0.29) is 50.5 Å². The van der Waals surface area contributed by atoms with Crippen molar-refractivity contribution in [1.29, 1.82) is 0 Å². The number of phenols is 1. The van der Waals surface area contributed by atoms with Gasteiger partial charge in [-0.3, -0.25) is 19.3 Å². The van der Waals surface area contributed by atoms with Crippen LogP contribution in [0, 0.1) is 36.5 Å². The molecule has 5 N–H and O–H groups in total. The van der Waals surface area contributed by atoms with E-state index in [1.807, 2.05) is 12.1 Å². The van der Waals surface area contributed by atoms with Crippen molar-refractivity contribution >= 4 is 65.6 Å². The summed E-state index contributed by atoms with van der Waals surface area (Å²) in [6, 6.07) is 6.65. The Labute approximate surface area is 389 Å². The van der Waals surface area contributed by atoms with Gasteiger partial charge in [-0.25, -0.2) is 4.98 Å². The summed E-state index contributed by atoms with van der Waals surface area (Å²) >= 11 is 1.29. The second-order valence-electron chi connectivity index (χ2n) is 19.5. The number of anilines is 2. The van der Waals surface area contributed by atoms with Crippen LogP contribution in [0.3, 0.4) is 0 Å². The summed E-state index contributed by atoms with van der Waals surface area (Å²) in [6.45, 7) is 19.0. The minimum atomic E-state index is -1.97. The number of amides is 1. The van der Waals surface area contributed by atoms with Crippen LogP contribution in [0.2, 0.25) is 0 Å². The van der Waals surface area contributed by atoms with Crippen molar-refractivity contribution in [2.24, 2.45) is 29.6 Å². The number of rotatable bonds is 4. The molecule has 11 atom stereocenters. The molecule has 1 amide bonds. The highest BCUT2D eigenvalue weighted by Crippen LogP contribution is 2.50. The minimum Gasteiger partial charge on any atom is -0.505 e. The van der Waals surface area contributed by atoms with Crippen molar-refractivity contribution in [3.05, 3.63) is 75.7 Å². The Morgan fingerprint density at radius 2 is 1.62 bits per heavy atom. The number of carbonyl (C=O) groups excluding carboxylic acids is 2. The Kier molecular flexibility index (Phi) is 13.2. The lowest BCUT2D eigenvalue weighted by Gasteiger charge is -2.45. The molecule has 1 aliphatic carbocycles. The van der Waals surface area contributed by atoms with Gasteiger partial charge in [0.15, 0.2) is 11.2 Å². The maximum absolute atomic E-state index is 14.8. The fraction of sp³-hybridized carbons (Fsp3) is 0.529. The molecule has 1 aromatic heterocycles. The molecule has 0 unspecified atom stereocenters. The number of nitrogens with one attached hydrogen (secondary N) is 1. The number of aromatic hydroxyl groups is 1. The SMILES string of the molecule is CO[C@H]1/C=C/O[C@@]2(C)Oc3c(C)c(=O)c4c(O)c(c5sc6cc(N7C[C@@H](C)N(CC8CC8)C[C@@H]7C)ccc6nc5c4c3C2=O)NC(=O)/C(C)=C\C=C\[C@H](C)[C@H](O)[C@@H](C)[C@@H](O)[C@@H](C)[C@H](O)[C@@H]1C. The third-order valence-corrected chi connectivity index (χ3v) is 15.8. The van der Waals surface area contributed by atoms with Gasteiger partial charge in [-0.2, -0.15) is 0 Å². The molecule has 1 saturated heterocycles. The smallest absolute Gasteiger partial charge is 0.312 e. The maximum Gasteiger partial charge on any atom is 0.312 e. The number of ketones is 1. The molecule has 1 saturated carbocycles. The molecule has 66 heavy (non-hydrogen) atoms. The quantitative estimate of drug-likeness (QED) is 0.0785. The third kappa shape index (κ3) is 8.51. The molecule has 3 aliphatic heterocycles. The largest absolute Gasteiger partial charge is 0.505 e. The van der Waals surface area contributed by atoms with E-state index in [1.165, 1.54) is 57.5 Å². The number of ether oxygens (including phenoxy) is 3. The van der Waals surface area contributed by atoms with Crippen LogP contribution in [0.4, 0.5) is 11.4 Å². The summed E-state index contributed by atoms with van der Waals surface area (Å²) in [4.78, 5) is 53.5. The molecule has 15 heteroatoms. The van der Waals surface area contributed by atoms with E-state index in [0.717, 1.165) is 35.9 Å². The average molecular weight is 925 g/mol. The summed E-state index contributed by atoms with van der Waals surface area (Å²) in [5.41, 5.74) is 1.50. The molecule has 2 fully saturated rings. The third-order valence-electron chi connectivity index (χ3n) is 14.7. The zero-order valence-electron chi connectivity index (χ0n) is 39.5. The lowest BCUT2D eigenvalue weighted by Crippen LogP contribution is -2.56. The Hall–Kier alpha value is -4.90. The van der Waals surface area contributed by atoms with Gasteiger partial charge in [0, 0.05) is 91.6 Å². The van der Waals surface area contributed by atoms with Crippen LogP contribution < -0.4 is 20.4 Å². The van der Waals surface area contributed by atoms with Gasteiger partial charge in [0.25, 0.3) is 11.7 Å². The predicted molar refractivity (Wildman–Crippen MR) is 258 cm³/mol. The summed E-state index contributed by atoms with van der Waals surface area (Å²) in [7, 11) is 1.47. The fourth-order valence-electron chi connectivity index (χ4n) is 10.0. The molecule has 4 heterocycles. The molecule has 14 nitrogen and oxygen atoms in total. The van der Waals surface area contributed by atoms with Crippen LogP contribution in [-0.2, 0) is 14.3 Å². The van der Waals surface area contributed by atoms with Crippen LogP contribution in [-0.4, -0.2) is 111 Å². The molecular weight excluding hydrogens is 861 g/mol. The van der Waals surface area contributed by atoms with Gasteiger partial charge in [-0.15, -0.1) is 11.3 Å². The molecular formula is C51H64N4O10S. The number of aliphatic hydroxyl groups is 3. The van der Waals surface area contributed by atoms with E-state index in [1.54, 1.807) is 52.8 Å². The van der Waals surface area contributed by atoms with Crippen LogP contribution >= 0.6 is 11.3 Å². The van der Waals surface area contributed by atoms with Gasteiger partial charge in [-0.05, 0) is 70.7 Å². The second-order valence-corrected chi connectivity index (χ2v) is 20.6. The molecule has 354 valence electrons. The highest BCUT2D eigenvalue weighted by molar-refractivity contribution is 7.25. The zero-order chi connectivity index (χ0) is 47.7. The van der Waals surface area contributed by atoms with E-state index < -0.39 is 76.7 Å². The van der Waals surface area contributed by atoms with Crippen molar-refractivity contribution in [1.82, 2.24) is 9.88 Å². The van der Waals surface area contributed by atoms with E-state index in [0.29, 0.717) is 16.3 Å². The van der Waals surface area contributed by atoms with Crippen molar-refractivity contribution in [2.45, 2.75) is 117 Å². The number of benzene rings is 3. The zero-order valence-corrected chi connectivity index (χ0v) is 40.3.